The number of hydrogen-bond acceptors (Lipinski definition) is 4. The molecule has 0 saturated carbocycles. The summed E-state index contributed by atoms with van der Waals surface area (Å²) in [6, 6.07) is 12.1. The molecular formula is C20H22N2O2. The molecule has 1 unspecified atom stereocenters. The maximum absolute atomic E-state index is 5.87. The lowest BCUT2D eigenvalue weighted by Crippen LogP contribution is -2.23. The molecule has 4 heteroatoms. The summed E-state index contributed by atoms with van der Waals surface area (Å²) in [7, 11) is 1.65. The SMILES string of the molecule is COc1ccc(CCCC2C=CC=CN2)cc1Oc1ccccn1. The minimum Gasteiger partial charge on any atom is -0.493 e. The molecule has 0 saturated heterocycles. The van der Waals surface area contributed by atoms with Gasteiger partial charge in [-0.05, 0) is 55.3 Å². The summed E-state index contributed by atoms with van der Waals surface area (Å²) in [6.07, 6.45) is 13.2. The third-order valence-corrected chi connectivity index (χ3v) is 3.92. The number of ether oxygens (including phenoxy) is 2. The van der Waals surface area contributed by atoms with E-state index in [1.165, 1.54) is 5.56 Å². The second kappa shape index (κ2) is 8.20. The minimum atomic E-state index is 0.428. The topological polar surface area (TPSA) is 43.4 Å². The number of hydrogen-bond donors (Lipinski definition) is 1. The summed E-state index contributed by atoms with van der Waals surface area (Å²) < 4.78 is 11.3. The highest BCUT2D eigenvalue weighted by molar-refractivity contribution is 5.44. The third-order valence-electron chi connectivity index (χ3n) is 3.92. The van der Waals surface area contributed by atoms with Gasteiger partial charge < -0.3 is 14.8 Å². The van der Waals surface area contributed by atoms with Crippen molar-refractivity contribution in [2.24, 2.45) is 0 Å². The van der Waals surface area contributed by atoms with Crippen LogP contribution in [0.1, 0.15) is 18.4 Å². The van der Waals surface area contributed by atoms with Crippen LogP contribution in [0.15, 0.2) is 67.0 Å². The van der Waals surface area contributed by atoms with Gasteiger partial charge in [-0.25, -0.2) is 4.98 Å². The normalized spacial score (nSPS) is 15.8. The van der Waals surface area contributed by atoms with E-state index in [2.05, 4.69) is 28.5 Å². The molecule has 0 aliphatic carbocycles. The number of aryl methyl sites for hydroxylation is 1. The van der Waals surface area contributed by atoms with Gasteiger partial charge >= 0.3 is 0 Å². The zero-order valence-electron chi connectivity index (χ0n) is 13.8. The van der Waals surface area contributed by atoms with Gasteiger partial charge in [0.2, 0.25) is 5.88 Å². The Hall–Kier alpha value is -2.75. The number of nitrogens with one attached hydrogen (secondary N) is 1. The first kappa shape index (κ1) is 16.1. The smallest absolute Gasteiger partial charge is 0.219 e. The molecule has 3 rings (SSSR count). The summed E-state index contributed by atoms with van der Waals surface area (Å²) in [5.41, 5.74) is 1.23. The lowest BCUT2D eigenvalue weighted by molar-refractivity contribution is 0.373. The van der Waals surface area contributed by atoms with Gasteiger partial charge in [0.1, 0.15) is 0 Å². The number of aromatic nitrogens is 1. The van der Waals surface area contributed by atoms with E-state index in [-0.39, 0.29) is 0 Å². The Morgan fingerprint density at radius 2 is 2.08 bits per heavy atom. The van der Waals surface area contributed by atoms with Crippen LogP contribution in [0.3, 0.4) is 0 Å². The average molecular weight is 322 g/mol. The van der Waals surface area contributed by atoms with Gasteiger partial charge in [-0.2, -0.15) is 0 Å². The monoisotopic (exact) mass is 322 g/mol. The van der Waals surface area contributed by atoms with Crippen LogP contribution in [0.25, 0.3) is 0 Å². The van der Waals surface area contributed by atoms with Crippen molar-refractivity contribution >= 4 is 0 Å². The van der Waals surface area contributed by atoms with E-state index >= 15 is 0 Å². The van der Waals surface area contributed by atoms with E-state index in [1.807, 2.05) is 42.6 Å². The molecule has 1 N–H and O–H groups in total. The van der Waals surface area contributed by atoms with E-state index in [1.54, 1.807) is 13.3 Å². The van der Waals surface area contributed by atoms with E-state index in [0.29, 0.717) is 23.4 Å². The first-order valence-corrected chi connectivity index (χ1v) is 8.20. The molecule has 0 bridgehead atoms. The highest BCUT2D eigenvalue weighted by Crippen LogP contribution is 2.32. The summed E-state index contributed by atoms with van der Waals surface area (Å²) in [5, 5.41) is 3.35. The number of benzene rings is 1. The van der Waals surface area contributed by atoms with Crippen LogP contribution in [-0.4, -0.2) is 18.1 Å². The van der Waals surface area contributed by atoms with E-state index in [0.717, 1.165) is 19.3 Å². The Morgan fingerprint density at radius 3 is 2.83 bits per heavy atom. The molecule has 0 fully saturated rings. The number of allylic oxidation sites excluding steroid dienone is 2. The predicted octanol–water partition coefficient (Wildman–Crippen LogP) is 4.25. The highest BCUT2D eigenvalue weighted by atomic mass is 16.5. The molecule has 24 heavy (non-hydrogen) atoms. The van der Waals surface area contributed by atoms with Crippen LogP contribution in [0.2, 0.25) is 0 Å². The van der Waals surface area contributed by atoms with Crippen LogP contribution in [-0.2, 0) is 6.42 Å². The third kappa shape index (κ3) is 4.38. The summed E-state index contributed by atoms with van der Waals surface area (Å²) >= 11 is 0. The Balaban J connectivity index is 1.62. The Kier molecular flexibility index (Phi) is 5.51. The van der Waals surface area contributed by atoms with Gasteiger partial charge in [0.15, 0.2) is 11.5 Å². The van der Waals surface area contributed by atoms with Crippen molar-refractivity contribution in [2.75, 3.05) is 7.11 Å². The molecular weight excluding hydrogens is 300 g/mol. The zero-order chi connectivity index (χ0) is 16.6. The number of dihydropyridines is 1. The molecule has 1 aliphatic heterocycles. The Morgan fingerprint density at radius 1 is 1.12 bits per heavy atom. The van der Waals surface area contributed by atoms with Gasteiger partial charge in [0, 0.05) is 18.3 Å². The van der Waals surface area contributed by atoms with Crippen LogP contribution in [0, 0.1) is 0 Å². The molecule has 1 atom stereocenters. The van der Waals surface area contributed by atoms with Crippen molar-refractivity contribution in [1.29, 1.82) is 0 Å². The maximum atomic E-state index is 5.87. The molecule has 124 valence electrons. The molecule has 0 spiro atoms. The fourth-order valence-corrected chi connectivity index (χ4v) is 2.67. The molecule has 1 aliphatic rings. The van der Waals surface area contributed by atoms with Gasteiger partial charge in [-0.15, -0.1) is 0 Å². The van der Waals surface area contributed by atoms with Crippen LogP contribution >= 0.6 is 0 Å². The first-order chi connectivity index (χ1) is 11.8. The molecule has 0 radical (unpaired) electrons. The number of methoxy groups -OCH3 is 1. The predicted molar refractivity (Wildman–Crippen MR) is 95.4 cm³/mol. The fourth-order valence-electron chi connectivity index (χ4n) is 2.67. The van der Waals surface area contributed by atoms with Crippen LogP contribution in [0.5, 0.6) is 17.4 Å². The summed E-state index contributed by atoms with van der Waals surface area (Å²) in [6.45, 7) is 0. The summed E-state index contributed by atoms with van der Waals surface area (Å²) in [4.78, 5) is 4.20. The van der Waals surface area contributed by atoms with Gasteiger partial charge in [0.05, 0.1) is 7.11 Å². The van der Waals surface area contributed by atoms with Crippen molar-refractivity contribution in [2.45, 2.75) is 25.3 Å². The Bertz CT molecular complexity index is 711. The van der Waals surface area contributed by atoms with Crippen molar-refractivity contribution < 1.29 is 9.47 Å². The quantitative estimate of drug-likeness (QED) is 0.828. The van der Waals surface area contributed by atoms with Crippen LogP contribution < -0.4 is 14.8 Å². The maximum Gasteiger partial charge on any atom is 0.219 e. The fraction of sp³-hybridized carbons (Fsp3) is 0.250. The number of nitrogens with zero attached hydrogens (tertiary/aromatic N) is 1. The first-order valence-electron chi connectivity index (χ1n) is 8.20. The van der Waals surface area contributed by atoms with E-state index in [4.69, 9.17) is 9.47 Å². The number of rotatable bonds is 7. The second-order valence-corrected chi connectivity index (χ2v) is 5.66. The van der Waals surface area contributed by atoms with Gasteiger partial charge in [-0.3, -0.25) is 0 Å². The lowest BCUT2D eigenvalue weighted by Gasteiger charge is -2.16. The van der Waals surface area contributed by atoms with Crippen LogP contribution in [0.4, 0.5) is 0 Å². The largest absolute Gasteiger partial charge is 0.493 e. The zero-order valence-corrected chi connectivity index (χ0v) is 13.8. The van der Waals surface area contributed by atoms with E-state index in [9.17, 15) is 0 Å². The van der Waals surface area contributed by atoms with E-state index < -0.39 is 0 Å². The number of pyridine rings is 1. The molecule has 1 aromatic heterocycles. The van der Waals surface area contributed by atoms with Gasteiger partial charge in [0.25, 0.3) is 0 Å². The summed E-state index contributed by atoms with van der Waals surface area (Å²) in [5.74, 6) is 1.98. The molecule has 0 amide bonds. The molecule has 1 aromatic carbocycles. The molecule has 2 aromatic rings. The second-order valence-electron chi connectivity index (χ2n) is 5.66. The molecule has 2 heterocycles. The molecule has 4 nitrogen and oxygen atoms in total. The standard InChI is InChI=1S/C20H22N2O2/c1-23-18-12-11-16(7-6-9-17-8-2-4-13-21-17)15-19(18)24-20-10-3-5-14-22-20/h2-5,8,10-15,17,21H,6-7,9H2,1H3. The average Bonchev–Trinajstić information content (AvgIpc) is 2.64. The lowest BCUT2D eigenvalue weighted by atomic mass is 10.0. The van der Waals surface area contributed by atoms with Crippen molar-refractivity contribution in [1.82, 2.24) is 10.3 Å². The Labute approximate surface area is 142 Å². The minimum absolute atomic E-state index is 0.428. The van der Waals surface area contributed by atoms with Crippen molar-refractivity contribution in [3.05, 3.63) is 72.6 Å². The van der Waals surface area contributed by atoms with Crippen molar-refractivity contribution in [3.63, 3.8) is 0 Å². The highest BCUT2D eigenvalue weighted by Gasteiger charge is 2.09. The van der Waals surface area contributed by atoms with Gasteiger partial charge in [-0.1, -0.05) is 24.3 Å². The van der Waals surface area contributed by atoms with Crippen molar-refractivity contribution in [3.8, 4) is 17.4 Å².